The molecular formula is C8H18FN3. The summed E-state index contributed by atoms with van der Waals surface area (Å²) < 4.78 is 11.3. The van der Waals surface area contributed by atoms with Gasteiger partial charge in [-0.15, -0.1) is 0 Å². The van der Waals surface area contributed by atoms with Crippen LogP contribution in [0.4, 0.5) is 15.9 Å². The standard InChI is InChI=1S/C5H9N3.C2H6.CH3F/c1-8-3-2-4(6)5(8)7;2*1-2/h2-3H,6-7H2,1H3;1-2H3;1H3. The Morgan fingerprint density at radius 3 is 1.75 bits per heavy atom. The molecule has 0 aliphatic carbocycles. The van der Waals surface area contributed by atoms with E-state index in [0.29, 0.717) is 18.7 Å². The average Bonchev–Trinajstić information content (AvgIpc) is 2.43. The number of aryl methyl sites for hydroxylation is 1. The summed E-state index contributed by atoms with van der Waals surface area (Å²) in [4.78, 5) is 0. The molecular weight excluding hydrogens is 157 g/mol. The lowest BCUT2D eigenvalue weighted by molar-refractivity contribution is 0.636. The zero-order chi connectivity index (χ0) is 10.1. The van der Waals surface area contributed by atoms with Crippen LogP contribution in [0.1, 0.15) is 13.8 Å². The molecule has 1 aromatic rings. The predicted molar refractivity (Wildman–Crippen MR) is 52.6 cm³/mol. The summed E-state index contributed by atoms with van der Waals surface area (Å²) in [7, 11) is 2.35. The number of hydrogen-bond donors (Lipinski definition) is 2. The molecule has 0 aromatic carbocycles. The molecule has 12 heavy (non-hydrogen) atoms. The zero-order valence-corrected chi connectivity index (χ0v) is 8.13. The summed E-state index contributed by atoms with van der Waals surface area (Å²) in [6.45, 7) is 4.00. The second kappa shape index (κ2) is 7.91. The van der Waals surface area contributed by atoms with Gasteiger partial charge in [0.1, 0.15) is 5.82 Å². The average molecular weight is 175 g/mol. The van der Waals surface area contributed by atoms with Crippen LogP contribution < -0.4 is 11.5 Å². The first-order valence-corrected chi connectivity index (χ1v) is 3.76. The SMILES string of the molecule is CC.CF.Cn1ccc(N)c1N. The van der Waals surface area contributed by atoms with E-state index >= 15 is 0 Å². The number of alkyl halides is 1. The molecule has 0 spiro atoms. The second-order valence-electron chi connectivity index (χ2n) is 1.77. The minimum absolute atomic E-state index is 0.500. The van der Waals surface area contributed by atoms with Crippen molar-refractivity contribution in [1.29, 1.82) is 0 Å². The number of anilines is 2. The maximum absolute atomic E-state index is 9.50. The molecule has 4 N–H and O–H groups in total. The molecule has 0 aliphatic rings. The van der Waals surface area contributed by atoms with E-state index in [2.05, 4.69) is 0 Å². The molecule has 0 fully saturated rings. The molecule has 0 bridgehead atoms. The van der Waals surface area contributed by atoms with Gasteiger partial charge in [-0.1, -0.05) is 13.8 Å². The van der Waals surface area contributed by atoms with Crippen molar-refractivity contribution in [2.75, 3.05) is 18.6 Å². The Labute approximate surface area is 73.2 Å². The van der Waals surface area contributed by atoms with Gasteiger partial charge in [0.15, 0.2) is 0 Å². The second-order valence-corrected chi connectivity index (χ2v) is 1.77. The molecule has 0 atom stereocenters. The van der Waals surface area contributed by atoms with E-state index in [1.807, 2.05) is 27.1 Å². The van der Waals surface area contributed by atoms with Gasteiger partial charge in [0.2, 0.25) is 0 Å². The van der Waals surface area contributed by atoms with Crippen LogP contribution in [0.5, 0.6) is 0 Å². The van der Waals surface area contributed by atoms with Gasteiger partial charge in [-0.2, -0.15) is 0 Å². The summed E-state index contributed by atoms with van der Waals surface area (Å²) in [5, 5.41) is 0. The number of nitrogens with zero attached hydrogens (tertiary/aromatic N) is 1. The van der Waals surface area contributed by atoms with Crippen LogP contribution in [-0.2, 0) is 7.05 Å². The van der Waals surface area contributed by atoms with Crippen LogP contribution in [0, 0.1) is 0 Å². The van der Waals surface area contributed by atoms with Gasteiger partial charge in [-0.05, 0) is 6.07 Å². The van der Waals surface area contributed by atoms with E-state index in [-0.39, 0.29) is 0 Å². The highest BCUT2D eigenvalue weighted by atomic mass is 19.1. The van der Waals surface area contributed by atoms with Crippen LogP contribution in [-0.4, -0.2) is 11.7 Å². The molecule has 1 aromatic heterocycles. The van der Waals surface area contributed by atoms with Gasteiger partial charge in [-0.25, -0.2) is 0 Å². The molecule has 0 unspecified atom stereocenters. The summed E-state index contributed by atoms with van der Waals surface area (Å²) >= 11 is 0. The highest BCUT2D eigenvalue weighted by molar-refractivity contribution is 5.59. The van der Waals surface area contributed by atoms with Crippen molar-refractivity contribution in [3.63, 3.8) is 0 Å². The monoisotopic (exact) mass is 175 g/mol. The number of rotatable bonds is 0. The smallest absolute Gasteiger partial charge is 0.126 e. The minimum atomic E-state index is 0.500. The van der Waals surface area contributed by atoms with Crippen molar-refractivity contribution in [3.8, 4) is 0 Å². The first-order chi connectivity index (χ1) is 5.72. The topological polar surface area (TPSA) is 57.0 Å². The van der Waals surface area contributed by atoms with E-state index in [1.165, 1.54) is 0 Å². The lowest BCUT2D eigenvalue weighted by Crippen LogP contribution is -1.97. The summed E-state index contributed by atoms with van der Waals surface area (Å²) in [5.74, 6) is 0.630. The third-order valence-electron chi connectivity index (χ3n) is 1.15. The van der Waals surface area contributed by atoms with Crippen LogP contribution >= 0.6 is 0 Å². The van der Waals surface area contributed by atoms with E-state index in [4.69, 9.17) is 11.5 Å². The fourth-order valence-corrected chi connectivity index (χ4v) is 0.561. The zero-order valence-electron chi connectivity index (χ0n) is 8.13. The summed E-state index contributed by atoms with van der Waals surface area (Å²) in [6, 6.07) is 1.77. The van der Waals surface area contributed by atoms with Gasteiger partial charge < -0.3 is 16.0 Å². The Balaban J connectivity index is 0. The molecule has 3 nitrogen and oxygen atoms in total. The molecule has 72 valence electrons. The lowest BCUT2D eigenvalue weighted by Gasteiger charge is -1.93. The fraction of sp³-hybridized carbons (Fsp3) is 0.500. The van der Waals surface area contributed by atoms with E-state index in [9.17, 15) is 4.39 Å². The van der Waals surface area contributed by atoms with E-state index in [0.717, 1.165) is 0 Å². The van der Waals surface area contributed by atoms with Crippen molar-refractivity contribution in [1.82, 2.24) is 4.57 Å². The number of nitrogen functional groups attached to an aromatic ring is 2. The molecule has 0 saturated carbocycles. The largest absolute Gasteiger partial charge is 0.396 e. The van der Waals surface area contributed by atoms with Gasteiger partial charge in [-0.3, -0.25) is 4.39 Å². The third kappa shape index (κ3) is 3.85. The Kier molecular flexibility index (Phi) is 8.84. The maximum atomic E-state index is 9.50. The Morgan fingerprint density at radius 2 is 1.67 bits per heavy atom. The first kappa shape index (κ1) is 13.4. The molecule has 0 saturated heterocycles. The molecule has 0 radical (unpaired) electrons. The maximum Gasteiger partial charge on any atom is 0.126 e. The van der Waals surface area contributed by atoms with E-state index < -0.39 is 0 Å². The van der Waals surface area contributed by atoms with Crippen LogP contribution in [0.3, 0.4) is 0 Å². The first-order valence-electron chi connectivity index (χ1n) is 3.76. The highest BCUT2D eigenvalue weighted by Crippen LogP contribution is 2.12. The molecule has 0 aliphatic heterocycles. The number of aromatic nitrogens is 1. The lowest BCUT2D eigenvalue weighted by atomic mass is 10.5. The molecule has 1 heterocycles. The highest BCUT2D eigenvalue weighted by Gasteiger charge is 1.93. The van der Waals surface area contributed by atoms with Gasteiger partial charge in [0.05, 0.1) is 12.9 Å². The van der Waals surface area contributed by atoms with Gasteiger partial charge >= 0.3 is 0 Å². The van der Waals surface area contributed by atoms with Crippen LogP contribution in [0.15, 0.2) is 12.3 Å². The van der Waals surface area contributed by atoms with Crippen molar-refractivity contribution in [2.24, 2.45) is 7.05 Å². The summed E-state index contributed by atoms with van der Waals surface area (Å²) in [6.07, 6.45) is 1.82. The van der Waals surface area contributed by atoms with Crippen molar-refractivity contribution in [2.45, 2.75) is 13.8 Å². The number of halogens is 1. The minimum Gasteiger partial charge on any atom is -0.396 e. The molecule has 4 heteroatoms. The van der Waals surface area contributed by atoms with Gasteiger partial charge in [0.25, 0.3) is 0 Å². The normalized spacial score (nSPS) is 7.42. The van der Waals surface area contributed by atoms with Crippen molar-refractivity contribution < 1.29 is 4.39 Å². The molecule has 1 rings (SSSR count). The van der Waals surface area contributed by atoms with Crippen molar-refractivity contribution in [3.05, 3.63) is 12.3 Å². The van der Waals surface area contributed by atoms with Crippen LogP contribution in [0.25, 0.3) is 0 Å². The summed E-state index contributed by atoms with van der Waals surface area (Å²) in [5.41, 5.74) is 11.5. The quantitative estimate of drug-likeness (QED) is 0.631. The Hall–Kier alpha value is -1.19. The fourth-order valence-electron chi connectivity index (χ4n) is 0.561. The van der Waals surface area contributed by atoms with Gasteiger partial charge in [0, 0.05) is 13.2 Å². The number of nitrogens with two attached hydrogens (primary N) is 2. The molecule has 0 amide bonds. The third-order valence-corrected chi connectivity index (χ3v) is 1.15. The van der Waals surface area contributed by atoms with E-state index in [1.54, 1.807) is 10.6 Å². The Morgan fingerprint density at radius 1 is 1.25 bits per heavy atom. The van der Waals surface area contributed by atoms with Crippen LogP contribution in [0.2, 0.25) is 0 Å². The number of hydrogen-bond acceptors (Lipinski definition) is 2. The Bertz CT molecular complexity index is 177. The van der Waals surface area contributed by atoms with Crippen molar-refractivity contribution >= 4 is 11.5 Å². The predicted octanol–water partition coefficient (Wildman–Crippen LogP) is 1.80.